The van der Waals surface area contributed by atoms with Crippen molar-refractivity contribution in [3.05, 3.63) is 51.5 Å². The Hall–Kier alpha value is -2.28. The summed E-state index contributed by atoms with van der Waals surface area (Å²) in [4.78, 5) is 12.9. The van der Waals surface area contributed by atoms with Crippen molar-refractivity contribution in [2.45, 2.75) is 43.6 Å². The third kappa shape index (κ3) is 4.72. The Morgan fingerprint density at radius 3 is 2.03 bits per heavy atom. The molecule has 0 aromatic heterocycles. The van der Waals surface area contributed by atoms with Crippen molar-refractivity contribution in [1.82, 2.24) is 0 Å². The molecule has 2 aromatic carbocycles. The van der Waals surface area contributed by atoms with Crippen molar-refractivity contribution in [3.8, 4) is 0 Å². The number of rotatable bonds is 3. The molecule has 1 heterocycles. The minimum atomic E-state index is -5.14. The average molecular weight is 545 g/mol. The third-order valence-corrected chi connectivity index (χ3v) is 6.64. The van der Waals surface area contributed by atoms with Gasteiger partial charge in [0.25, 0.3) is 10.0 Å². The molecule has 1 N–H and O–H groups in total. The molecule has 1 aliphatic rings. The summed E-state index contributed by atoms with van der Waals surface area (Å²) in [5.74, 6) is -0.464. The Labute approximate surface area is 187 Å². The van der Waals surface area contributed by atoms with E-state index in [9.17, 15) is 39.6 Å². The van der Waals surface area contributed by atoms with Crippen LogP contribution in [0.2, 0.25) is 0 Å². The average Bonchev–Trinajstić information content (AvgIpc) is 2.94. The van der Waals surface area contributed by atoms with E-state index in [1.54, 1.807) is 17.7 Å². The predicted octanol–water partition coefficient (Wildman–Crippen LogP) is 5.59. The number of nitrogens with one attached hydrogen (secondary N) is 1. The van der Waals surface area contributed by atoms with Crippen LogP contribution in [-0.2, 0) is 33.6 Å². The number of nitrogens with zero attached hydrogens (tertiary/aromatic N) is 1. The van der Waals surface area contributed by atoms with Gasteiger partial charge in [0, 0.05) is 17.4 Å². The molecule has 3 rings (SSSR count). The van der Waals surface area contributed by atoms with E-state index in [-0.39, 0.29) is 23.9 Å². The van der Waals surface area contributed by atoms with Crippen LogP contribution >= 0.6 is 15.9 Å². The molecule has 0 spiro atoms. The maximum absolute atomic E-state index is 13.1. The summed E-state index contributed by atoms with van der Waals surface area (Å²) in [6.07, 6.45) is -9.96. The fourth-order valence-electron chi connectivity index (χ4n) is 3.58. The topological polar surface area (TPSA) is 66.5 Å². The van der Waals surface area contributed by atoms with Crippen LogP contribution in [0.4, 0.5) is 37.7 Å². The van der Waals surface area contributed by atoms with Crippen LogP contribution in [0.3, 0.4) is 0 Å². The summed E-state index contributed by atoms with van der Waals surface area (Å²) in [7, 11) is -4.68. The zero-order valence-electron chi connectivity index (χ0n) is 16.4. The summed E-state index contributed by atoms with van der Waals surface area (Å²) in [5.41, 5.74) is -3.72. The van der Waals surface area contributed by atoms with Crippen LogP contribution in [0, 0.1) is 0 Å². The van der Waals surface area contributed by atoms with Gasteiger partial charge in [-0.15, -0.1) is 0 Å². The zero-order chi connectivity index (χ0) is 24.2. The SMILES string of the molecule is CC(=O)N1c2c(cc(Br)cc2S(=O)(=O)Nc2cc(C(F)(F)F)cc(C(F)(F)F)c2)C[C@@H]1C. The molecule has 13 heteroatoms. The van der Waals surface area contributed by atoms with Crippen molar-refractivity contribution in [3.63, 3.8) is 0 Å². The van der Waals surface area contributed by atoms with Gasteiger partial charge in [-0.1, -0.05) is 15.9 Å². The maximum atomic E-state index is 13.1. The molecule has 0 bridgehead atoms. The molecular formula is C19H15BrF6N2O3S. The number of carbonyl (C=O) groups is 1. The molecule has 0 radical (unpaired) electrons. The summed E-state index contributed by atoms with van der Waals surface area (Å²) in [6.45, 7) is 2.90. The highest BCUT2D eigenvalue weighted by Crippen LogP contribution is 2.42. The highest BCUT2D eigenvalue weighted by Gasteiger charge is 2.39. The van der Waals surface area contributed by atoms with Crippen LogP contribution in [0.15, 0.2) is 39.7 Å². The van der Waals surface area contributed by atoms with E-state index < -0.39 is 56.0 Å². The van der Waals surface area contributed by atoms with E-state index in [2.05, 4.69) is 15.9 Å². The molecule has 0 aliphatic carbocycles. The Balaban J connectivity index is 2.16. The number of halogens is 7. The van der Waals surface area contributed by atoms with Gasteiger partial charge < -0.3 is 4.90 Å². The lowest BCUT2D eigenvalue weighted by Gasteiger charge is -2.23. The number of anilines is 2. The van der Waals surface area contributed by atoms with Gasteiger partial charge in [-0.05, 0) is 49.2 Å². The van der Waals surface area contributed by atoms with Gasteiger partial charge in [-0.2, -0.15) is 26.3 Å². The van der Waals surface area contributed by atoms with E-state index in [0.29, 0.717) is 16.5 Å². The summed E-state index contributed by atoms with van der Waals surface area (Å²) in [5, 5.41) is 0. The van der Waals surface area contributed by atoms with Crippen molar-refractivity contribution >= 4 is 43.2 Å². The highest BCUT2D eigenvalue weighted by atomic mass is 79.9. The van der Waals surface area contributed by atoms with Crippen molar-refractivity contribution in [2.24, 2.45) is 0 Å². The number of fused-ring (bicyclic) bond motifs is 1. The number of benzene rings is 2. The molecular weight excluding hydrogens is 530 g/mol. The second-order valence-electron chi connectivity index (χ2n) is 7.25. The lowest BCUT2D eigenvalue weighted by molar-refractivity contribution is -0.143. The van der Waals surface area contributed by atoms with Gasteiger partial charge in [-0.3, -0.25) is 9.52 Å². The van der Waals surface area contributed by atoms with Gasteiger partial charge >= 0.3 is 12.4 Å². The van der Waals surface area contributed by atoms with Gasteiger partial charge in [0.1, 0.15) is 4.90 Å². The molecule has 1 aliphatic heterocycles. The highest BCUT2D eigenvalue weighted by molar-refractivity contribution is 9.10. The van der Waals surface area contributed by atoms with Gasteiger partial charge in [0.05, 0.1) is 22.5 Å². The minimum absolute atomic E-state index is 0.0312. The fourth-order valence-corrected chi connectivity index (χ4v) is 5.54. The smallest absolute Gasteiger partial charge is 0.308 e. The second-order valence-corrected chi connectivity index (χ2v) is 9.82. The Morgan fingerprint density at radius 2 is 1.56 bits per heavy atom. The molecule has 1 amide bonds. The Kier molecular flexibility index (Phi) is 6.05. The number of carbonyl (C=O) groups excluding carboxylic acids is 1. The van der Waals surface area contributed by atoms with E-state index in [4.69, 9.17) is 0 Å². The summed E-state index contributed by atoms with van der Waals surface area (Å²) in [6, 6.07) is 2.78. The van der Waals surface area contributed by atoms with Gasteiger partial charge in [0.2, 0.25) is 5.91 Å². The van der Waals surface area contributed by atoms with Crippen LogP contribution in [-0.4, -0.2) is 20.4 Å². The predicted molar refractivity (Wildman–Crippen MR) is 108 cm³/mol. The molecule has 5 nitrogen and oxygen atoms in total. The van der Waals surface area contributed by atoms with E-state index >= 15 is 0 Å². The summed E-state index contributed by atoms with van der Waals surface area (Å²) < 4.78 is 107. The minimum Gasteiger partial charge on any atom is -0.308 e. The summed E-state index contributed by atoms with van der Waals surface area (Å²) >= 11 is 3.15. The van der Waals surface area contributed by atoms with Crippen molar-refractivity contribution < 1.29 is 39.6 Å². The molecule has 0 unspecified atom stereocenters. The van der Waals surface area contributed by atoms with Crippen LogP contribution in [0.5, 0.6) is 0 Å². The van der Waals surface area contributed by atoms with Crippen LogP contribution in [0.25, 0.3) is 0 Å². The lowest BCUT2D eigenvalue weighted by atomic mass is 10.1. The first kappa shape index (κ1) is 24.4. The maximum Gasteiger partial charge on any atom is 0.416 e. The first-order valence-corrected chi connectivity index (χ1v) is 11.2. The Morgan fingerprint density at radius 1 is 1.03 bits per heavy atom. The van der Waals surface area contributed by atoms with E-state index in [0.717, 1.165) is 6.07 Å². The normalized spacial score (nSPS) is 16.8. The van der Waals surface area contributed by atoms with Gasteiger partial charge in [-0.25, -0.2) is 8.42 Å². The number of hydrogen-bond donors (Lipinski definition) is 1. The van der Waals surface area contributed by atoms with Crippen molar-refractivity contribution in [1.29, 1.82) is 0 Å². The molecule has 1 atom stereocenters. The third-order valence-electron chi connectivity index (χ3n) is 4.78. The second kappa shape index (κ2) is 7.94. The van der Waals surface area contributed by atoms with E-state index in [1.165, 1.54) is 11.8 Å². The van der Waals surface area contributed by atoms with Crippen LogP contribution < -0.4 is 9.62 Å². The number of amides is 1. The van der Waals surface area contributed by atoms with E-state index in [1.807, 2.05) is 0 Å². The number of hydrogen-bond acceptors (Lipinski definition) is 3. The monoisotopic (exact) mass is 544 g/mol. The lowest BCUT2D eigenvalue weighted by Crippen LogP contribution is -2.34. The molecule has 174 valence electrons. The quantitative estimate of drug-likeness (QED) is 0.512. The number of alkyl halides is 6. The molecule has 32 heavy (non-hydrogen) atoms. The number of sulfonamides is 1. The zero-order valence-corrected chi connectivity index (χ0v) is 18.8. The molecule has 0 saturated carbocycles. The largest absolute Gasteiger partial charge is 0.416 e. The molecule has 2 aromatic rings. The first-order valence-electron chi connectivity index (χ1n) is 8.95. The van der Waals surface area contributed by atoms with Crippen LogP contribution in [0.1, 0.15) is 30.5 Å². The molecule has 0 fully saturated rings. The first-order chi connectivity index (χ1) is 14.5. The standard InChI is InChI=1S/C19H15BrF6N2O3S/c1-9-3-11-4-14(20)8-16(17(11)28(9)10(2)29)32(30,31)27-15-6-12(18(21,22)23)5-13(7-15)19(24,25)26/h4-9,27H,3H2,1-2H3/t9-/m0/s1. The van der Waals surface area contributed by atoms with Crippen molar-refractivity contribution in [2.75, 3.05) is 9.62 Å². The molecule has 0 saturated heterocycles. The Bertz CT molecular complexity index is 1160. The fraction of sp³-hybridized carbons (Fsp3) is 0.316. The van der Waals surface area contributed by atoms with Gasteiger partial charge in [0.15, 0.2) is 0 Å².